The van der Waals surface area contributed by atoms with Crippen LogP contribution in [0, 0.1) is 5.92 Å². The summed E-state index contributed by atoms with van der Waals surface area (Å²) in [5, 5.41) is 3.36. The van der Waals surface area contributed by atoms with E-state index < -0.39 is 0 Å². The lowest BCUT2D eigenvalue weighted by atomic mass is 9.98. The first-order chi connectivity index (χ1) is 12.7. The van der Waals surface area contributed by atoms with Crippen molar-refractivity contribution in [2.24, 2.45) is 10.9 Å². The Labute approximate surface area is 178 Å². The molecular weight excluding hydrogens is 457 g/mol. The summed E-state index contributed by atoms with van der Waals surface area (Å²) in [7, 11) is 0. The molecule has 27 heavy (non-hydrogen) atoms. The first-order valence-corrected chi connectivity index (χ1v) is 9.65. The lowest BCUT2D eigenvalue weighted by molar-refractivity contribution is -0.149. The number of aliphatic imine (C=N–C) groups is 1. The normalized spacial score (nSPS) is 21.7. The minimum atomic E-state index is -0.0948. The van der Waals surface area contributed by atoms with Gasteiger partial charge in [0.15, 0.2) is 5.96 Å². The Morgan fingerprint density at radius 1 is 1.37 bits per heavy atom. The Kier molecular flexibility index (Phi) is 8.66. The molecule has 0 aliphatic carbocycles. The molecule has 1 saturated heterocycles. The van der Waals surface area contributed by atoms with Crippen LogP contribution in [-0.2, 0) is 16.0 Å². The molecule has 1 N–H and O–H groups in total. The van der Waals surface area contributed by atoms with Crippen molar-refractivity contribution in [1.29, 1.82) is 0 Å². The largest absolute Gasteiger partial charge is 0.488 e. The Hall–Kier alpha value is -1.51. The maximum Gasteiger partial charge on any atom is 0.310 e. The van der Waals surface area contributed by atoms with Gasteiger partial charge in [-0.2, -0.15) is 0 Å². The third-order valence-electron chi connectivity index (χ3n) is 4.83. The van der Waals surface area contributed by atoms with Crippen LogP contribution in [0.1, 0.15) is 32.3 Å². The van der Waals surface area contributed by atoms with E-state index in [9.17, 15) is 4.79 Å². The topological polar surface area (TPSA) is 63.2 Å². The van der Waals surface area contributed by atoms with Gasteiger partial charge in [-0.15, -0.1) is 24.0 Å². The number of carbonyl (C=O) groups is 1. The van der Waals surface area contributed by atoms with Crippen molar-refractivity contribution in [2.75, 3.05) is 32.8 Å². The van der Waals surface area contributed by atoms with E-state index in [2.05, 4.69) is 23.2 Å². The molecule has 2 aliphatic rings. The van der Waals surface area contributed by atoms with Gasteiger partial charge in [0.25, 0.3) is 0 Å². The standard InChI is InChI=1S/C20H29N3O3.HI/c1-3-21-20(23-11-7-9-16(14-23)19(24)25-4-2)22-13-17-12-15-8-5-6-10-18(15)26-17;/h5-6,8,10,16-17H,3-4,7,9,11-14H2,1-2H3,(H,21,22);1H. The van der Waals surface area contributed by atoms with E-state index in [1.807, 2.05) is 25.1 Å². The van der Waals surface area contributed by atoms with Crippen LogP contribution in [-0.4, -0.2) is 55.7 Å². The number of ether oxygens (including phenoxy) is 2. The first kappa shape index (κ1) is 21.8. The summed E-state index contributed by atoms with van der Waals surface area (Å²) in [6.45, 7) is 7.32. The van der Waals surface area contributed by atoms with E-state index in [4.69, 9.17) is 14.5 Å². The zero-order chi connectivity index (χ0) is 18.4. The van der Waals surface area contributed by atoms with E-state index >= 15 is 0 Å². The fourth-order valence-electron chi connectivity index (χ4n) is 3.59. The number of nitrogens with zero attached hydrogens (tertiary/aromatic N) is 2. The number of para-hydroxylation sites is 1. The maximum absolute atomic E-state index is 12.1. The van der Waals surface area contributed by atoms with Gasteiger partial charge in [0, 0.05) is 26.1 Å². The van der Waals surface area contributed by atoms with Crippen LogP contribution in [0.25, 0.3) is 0 Å². The van der Waals surface area contributed by atoms with E-state index in [0.29, 0.717) is 19.7 Å². The number of hydrogen-bond acceptors (Lipinski definition) is 4. The van der Waals surface area contributed by atoms with Crippen molar-refractivity contribution in [3.8, 4) is 5.75 Å². The summed E-state index contributed by atoms with van der Waals surface area (Å²) in [4.78, 5) is 19.1. The highest BCUT2D eigenvalue weighted by molar-refractivity contribution is 14.0. The number of nitrogens with one attached hydrogen (secondary N) is 1. The van der Waals surface area contributed by atoms with Crippen LogP contribution < -0.4 is 10.1 Å². The Morgan fingerprint density at radius 3 is 2.93 bits per heavy atom. The Morgan fingerprint density at radius 2 is 2.19 bits per heavy atom. The summed E-state index contributed by atoms with van der Waals surface area (Å²) in [5.41, 5.74) is 1.25. The molecule has 0 amide bonds. The fourth-order valence-corrected chi connectivity index (χ4v) is 3.59. The van der Waals surface area contributed by atoms with Crippen LogP contribution >= 0.6 is 24.0 Å². The highest BCUT2D eigenvalue weighted by Crippen LogP contribution is 2.28. The molecule has 0 bridgehead atoms. The Balaban J connectivity index is 0.00000261. The molecule has 3 rings (SSSR count). The number of likely N-dealkylation sites (tertiary alicyclic amines) is 1. The average Bonchev–Trinajstić information content (AvgIpc) is 3.08. The zero-order valence-electron chi connectivity index (χ0n) is 16.1. The quantitative estimate of drug-likeness (QED) is 0.300. The zero-order valence-corrected chi connectivity index (χ0v) is 18.5. The van der Waals surface area contributed by atoms with E-state index in [1.165, 1.54) is 5.56 Å². The fraction of sp³-hybridized carbons (Fsp3) is 0.600. The number of benzene rings is 1. The van der Waals surface area contributed by atoms with E-state index in [-0.39, 0.29) is 42.0 Å². The predicted molar refractivity (Wildman–Crippen MR) is 117 cm³/mol. The molecule has 2 atom stereocenters. The summed E-state index contributed by atoms with van der Waals surface area (Å²) in [6, 6.07) is 8.16. The molecule has 0 saturated carbocycles. The Bertz CT molecular complexity index is 628. The SMILES string of the molecule is CCNC(=NCC1Cc2ccccc2O1)N1CCCC(C(=O)OCC)C1.I. The van der Waals surface area contributed by atoms with Gasteiger partial charge in [-0.1, -0.05) is 18.2 Å². The molecule has 1 aromatic rings. The van der Waals surface area contributed by atoms with Crippen LogP contribution in [0.2, 0.25) is 0 Å². The molecule has 0 spiro atoms. The van der Waals surface area contributed by atoms with Gasteiger partial charge in [0.2, 0.25) is 0 Å². The number of hydrogen-bond donors (Lipinski definition) is 1. The summed E-state index contributed by atoms with van der Waals surface area (Å²) >= 11 is 0. The van der Waals surface area contributed by atoms with Gasteiger partial charge in [-0.3, -0.25) is 4.79 Å². The second-order valence-electron chi connectivity index (χ2n) is 6.78. The maximum atomic E-state index is 12.1. The minimum absolute atomic E-state index is 0. The molecule has 2 aliphatic heterocycles. The molecule has 150 valence electrons. The van der Waals surface area contributed by atoms with Gasteiger partial charge < -0.3 is 19.7 Å². The van der Waals surface area contributed by atoms with Gasteiger partial charge in [0.1, 0.15) is 11.9 Å². The number of piperidine rings is 1. The molecule has 7 heteroatoms. The molecule has 2 unspecified atom stereocenters. The molecule has 1 fully saturated rings. The third kappa shape index (κ3) is 5.73. The molecular formula is C20H30IN3O3. The summed E-state index contributed by atoms with van der Waals surface area (Å²) in [6.07, 6.45) is 2.83. The molecule has 2 heterocycles. The van der Waals surface area contributed by atoms with Crippen molar-refractivity contribution in [3.05, 3.63) is 29.8 Å². The number of fused-ring (bicyclic) bond motifs is 1. The number of halogens is 1. The molecule has 0 aromatic heterocycles. The van der Waals surface area contributed by atoms with Crippen molar-refractivity contribution in [3.63, 3.8) is 0 Å². The number of rotatable bonds is 5. The van der Waals surface area contributed by atoms with Crippen LogP contribution in [0.3, 0.4) is 0 Å². The van der Waals surface area contributed by atoms with Gasteiger partial charge in [-0.25, -0.2) is 4.99 Å². The lowest BCUT2D eigenvalue weighted by Gasteiger charge is -2.34. The summed E-state index contributed by atoms with van der Waals surface area (Å²) in [5.74, 6) is 1.67. The summed E-state index contributed by atoms with van der Waals surface area (Å²) < 4.78 is 11.2. The molecule has 6 nitrogen and oxygen atoms in total. The van der Waals surface area contributed by atoms with Crippen LogP contribution in [0.4, 0.5) is 0 Å². The van der Waals surface area contributed by atoms with Crippen molar-refractivity contribution in [2.45, 2.75) is 39.2 Å². The van der Waals surface area contributed by atoms with Gasteiger partial charge >= 0.3 is 5.97 Å². The second kappa shape index (κ2) is 10.7. The molecule has 0 radical (unpaired) electrons. The van der Waals surface area contributed by atoms with Gasteiger partial charge in [-0.05, 0) is 38.3 Å². The highest BCUT2D eigenvalue weighted by atomic mass is 127. The number of esters is 1. The highest BCUT2D eigenvalue weighted by Gasteiger charge is 2.29. The number of guanidine groups is 1. The van der Waals surface area contributed by atoms with Crippen LogP contribution in [0.5, 0.6) is 5.75 Å². The smallest absolute Gasteiger partial charge is 0.310 e. The van der Waals surface area contributed by atoms with E-state index in [1.54, 1.807) is 0 Å². The van der Waals surface area contributed by atoms with E-state index in [0.717, 1.165) is 44.1 Å². The van der Waals surface area contributed by atoms with Crippen molar-refractivity contribution >= 4 is 35.9 Å². The molecule has 1 aromatic carbocycles. The second-order valence-corrected chi connectivity index (χ2v) is 6.78. The first-order valence-electron chi connectivity index (χ1n) is 9.65. The van der Waals surface area contributed by atoms with Gasteiger partial charge in [0.05, 0.1) is 19.1 Å². The number of carbonyl (C=O) groups excluding carboxylic acids is 1. The monoisotopic (exact) mass is 487 g/mol. The predicted octanol–water partition coefficient (Wildman–Crippen LogP) is 2.85. The minimum Gasteiger partial charge on any atom is -0.488 e. The third-order valence-corrected chi connectivity index (χ3v) is 4.83. The van der Waals surface area contributed by atoms with Crippen molar-refractivity contribution < 1.29 is 14.3 Å². The van der Waals surface area contributed by atoms with Crippen molar-refractivity contribution in [1.82, 2.24) is 10.2 Å². The average molecular weight is 487 g/mol. The lowest BCUT2D eigenvalue weighted by Crippen LogP contribution is -2.48. The van der Waals surface area contributed by atoms with Crippen LogP contribution in [0.15, 0.2) is 29.3 Å².